The molecule has 3 aromatic rings. The van der Waals surface area contributed by atoms with Crippen molar-refractivity contribution in [2.75, 3.05) is 19.0 Å². The van der Waals surface area contributed by atoms with E-state index >= 15 is 0 Å². The number of ether oxygens (including phenoxy) is 1. The number of amides is 1. The third-order valence-corrected chi connectivity index (χ3v) is 4.60. The lowest BCUT2D eigenvalue weighted by Gasteiger charge is -2.08. The van der Waals surface area contributed by atoms with Gasteiger partial charge < -0.3 is 15.8 Å². The van der Waals surface area contributed by atoms with Gasteiger partial charge in [0.25, 0.3) is 0 Å². The third kappa shape index (κ3) is 5.32. The predicted octanol–water partition coefficient (Wildman–Crippen LogP) is 3.22. The number of halogens is 1. The zero-order chi connectivity index (χ0) is 19.4. The van der Waals surface area contributed by atoms with E-state index in [0.717, 1.165) is 34.0 Å². The van der Waals surface area contributed by atoms with Crippen LogP contribution < -0.4 is 11.1 Å². The van der Waals surface area contributed by atoms with Gasteiger partial charge in [0.1, 0.15) is 11.9 Å². The van der Waals surface area contributed by atoms with Crippen LogP contribution in [0, 0.1) is 13.8 Å². The molecule has 0 saturated carbocycles. The van der Waals surface area contributed by atoms with E-state index in [1.807, 2.05) is 49.6 Å². The fourth-order valence-corrected chi connectivity index (χ4v) is 3.34. The fraction of sp³-hybridized carbons (Fsp3) is 0.263. The highest BCUT2D eigenvalue weighted by Gasteiger charge is 2.15. The Hall–Kier alpha value is -2.39. The van der Waals surface area contributed by atoms with Crippen LogP contribution in [0.15, 0.2) is 35.7 Å². The number of carbonyl (C=O) groups is 1. The number of hydrogen-bond acceptors (Lipinski definition) is 7. The first kappa shape index (κ1) is 21.9. The molecule has 0 spiro atoms. The molecule has 2 heterocycles. The summed E-state index contributed by atoms with van der Waals surface area (Å²) in [5, 5.41) is 5.12. The molecule has 1 unspecified atom stereocenters. The van der Waals surface area contributed by atoms with Crippen LogP contribution in [0.2, 0.25) is 0 Å². The van der Waals surface area contributed by atoms with Crippen LogP contribution >= 0.6 is 23.7 Å². The maximum Gasteiger partial charge on any atom is 0.245 e. The van der Waals surface area contributed by atoms with Gasteiger partial charge in [0.2, 0.25) is 5.91 Å². The van der Waals surface area contributed by atoms with Gasteiger partial charge >= 0.3 is 0 Å². The van der Waals surface area contributed by atoms with Crippen LogP contribution in [-0.2, 0) is 9.53 Å². The summed E-state index contributed by atoms with van der Waals surface area (Å²) in [7, 11) is 1.50. The second-order valence-corrected chi connectivity index (χ2v) is 6.97. The van der Waals surface area contributed by atoms with E-state index in [9.17, 15) is 4.79 Å². The SMILES string of the molecule is COCC(N)C(=O)Nc1nc(-c2cccc(-c3cc(C)nc(C)n3)c2)cs1.Cl. The molecule has 7 nitrogen and oxygen atoms in total. The Morgan fingerprint density at radius 3 is 2.57 bits per heavy atom. The third-order valence-electron chi connectivity index (χ3n) is 3.84. The van der Waals surface area contributed by atoms with Crippen molar-refractivity contribution >= 4 is 34.8 Å². The van der Waals surface area contributed by atoms with Gasteiger partial charge in [0.05, 0.1) is 18.0 Å². The topological polar surface area (TPSA) is 103 Å². The number of methoxy groups -OCH3 is 1. The maximum absolute atomic E-state index is 12.0. The van der Waals surface area contributed by atoms with Gasteiger partial charge in [0, 0.05) is 29.3 Å². The van der Waals surface area contributed by atoms with E-state index in [-0.39, 0.29) is 24.9 Å². The molecule has 0 saturated heterocycles. The average molecular weight is 420 g/mol. The molecular formula is C19H22ClN5O2S. The van der Waals surface area contributed by atoms with E-state index in [4.69, 9.17) is 10.5 Å². The fourth-order valence-electron chi connectivity index (χ4n) is 2.62. The first-order valence-corrected chi connectivity index (χ1v) is 9.28. The second kappa shape index (κ2) is 9.70. The lowest BCUT2D eigenvalue weighted by atomic mass is 10.1. The Morgan fingerprint density at radius 1 is 1.18 bits per heavy atom. The molecule has 0 aliphatic rings. The quantitative estimate of drug-likeness (QED) is 0.635. The van der Waals surface area contributed by atoms with Crippen LogP contribution in [0.3, 0.4) is 0 Å². The van der Waals surface area contributed by atoms with Crippen molar-refractivity contribution in [3.8, 4) is 22.5 Å². The first-order chi connectivity index (χ1) is 13.0. The van der Waals surface area contributed by atoms with E-state index in [2.05, 4.69) is 20.3 Å². The first-order valence-electron chi connectivity index (χ1n) is 8.40. The normalized spacial score (nSPS) is 11.6. The predicted molar refractivity (Wildman–Crippen MR) is 114 cm³/mol. The van der Waals surface area contributed by atoms with Crippen molar-refractivity contribution in [2.24, 2.45) is 5.73 Å². The minimum Gasteiger partial charge on any atom is -0.383 e. The summed E-state index contributed by atoms with van der Waals surface area (Å²) in [6, 6.07) is 9.19. The van der Waals surface area contributed by atoms with Crippen molar-refractivity contribution in [1.29, 1.82) is 0 Å². The summed E-state index contributed by atoms with van der Waals surface area (Å²) in [4.78, 5) is 25.3. The average Bonchev–Trinajstić information content (AvgIpc) is 3.10. The monoisotopic (exact) mass is 419 g/mol. The van der Waals surface area contributed by atoms with Gasteiger partial charge in [-0.15, -0.1) is 23.7 Å². The zero-order valence-electron chi connectivity index (χ0n) is 15.8. The van der Waals surface area contributed by atoms with Crippen LogP contribution in [0.1, 0.15) is 11.5 Å². The summed E-state index contributed by atoms with van der Waals surface area (Å²) in [5.74, 6) is 0.417. The van der Waals surface area contributed by atoms with Crippen LogP contribution in [0.25, 0.3) is 22.5 Å². The van der Waals surface area contributed by atoms with Gasteiger partial charge in [-0.3, -0.25) is 4.79 Å². The molecule has 0 fully saturated rings. The van der Waals surface area contributed by atoms with Crippen molar-refractivity contribution in [3.63, 3.8) is 0 Å². The van der Waals surface area contributed by atoms with Gasteiger partial charge in [0.15, 0.2) is 5.13 Å². The van der Waals surface area contributed by atoms with Gasteiger partial charge in [-0.25, -0.2) is 15.0 Å². The van der Waals surface area contributed by atoms with Gasteiger partial charge in [-0.1, -0.05) is 18.2 Å². The van der Waals surface area contributed by atoms with Crippen molar-refractivity contribution < 1.29 is 9.53 Å². The number of nitrogens with two attached hydrogens (primary N) is 1. The maximum atomic E-state index is 12.0. The number of aromatic nitrogens is 3. The Kier molecular flexibility index (Phi) is 7.59. The minimum atomic E-state index is -0.727. The molecule has 2 aromatic heterocycles. The summed E-state index contributed by atoms with van der Waals surface area (Å²) >= 11 is 1.35. The second-order valence-electron chi connectivity index (χ2n) is 6.11. The van der Waals surface area contributed by atoms with E-state index < -0.39 is 6.04 Å². The van der Waals surface area contributed by atoms with Crippen molar-refractivity contribution in [1.82, 2.24) is 15.0 Å². The summed E-state index contributed by atoms with van der Waals surface area (Å²) in [6.07, 6.45) is 0. The van der Waals surface area contributed by atoms with E-state index in [1.54, 1.807) is 0 Å². The van der Waals surface area contributed by atoms with Gasteiger partial charge in [-0.05, 0) is 26.0 Å². The molecule has 0 bridgehead atoms. The Balaban J connectivity index is 0.00000280. The smallest absolute Gasteiger partial charge is 0.245 e. The number of nitrogens with one attached hydrogen (secondary N) is 1. The number of hydrogen-bond donors (Lipinski definition) is 2. The lowest BCUT2D eigenvalue weighted by molar-refractivity contribution is -0.118. The van der Waals surface area contributed by atoms with Gasteiger partial charge in [-0.2, -0.15) is 0 Å². The molecule has 1 aromatic carbocycles. The Bertz CT molecular complexity index is 943. The molecule has 1 amide bonds. The number of carbonyl (C=O) groups excluding carboxylic acids is 1. The molecule has 0 radical (unpaired) electrons. The zero-order valence-corrected chi connectivity index (χ0v) is 17.4. The highest BCUT2D eigenvalue weighted by atomic mass is 35.5. The highest BCUT2D eigenvalue weighted by Crippen LogP contribution is 2.28. The number of aryl methyl sites for hydroxylation is 2. The summed E-state index contributed by atoms with van der Waals surface area (Å²) < 4.78 is 4.90. The molecule has 1 atom stereocenters. The lowest BCUT2D eigenvalue weighted by Crippen LogP contribution is -2.39. The van der Waals surface area contributed by atoms with Crippen molar-refractivity contribution in [2.45, 2.75) is 19.9 Å². The molecule has 9 heteroatoms. The molecule has 0 aliphatic heterocycles. The molecule has 3 rings (SSSR count). The minimum absolute atomic E-state index is 0. The highest BCUT2D eigenvalue weighted by molar-refractivity contribution is 7.14. The molecular weight excluding hydrogens is 398 g/mol. The molecule has 3 N–H and O–H groups in total. The molecule has 28 heavy (non-hydrogen) atoms. The number of anilines is 1. The summed E-state index contributed by atoms with van der Waals surface area (Å²) in [5.41, 5.74) is 10.2. The molecule has 0 aliphatic carbocycles. The number of benzene rings is 1. The van der Waals surface area contributed by atoms with E-state index in [1.165, 1.54) is 18.4 Å². The Labute approximate surface area is 173 Å². The van der Waals surface area contributed by atoms with Crippen LogP contribution in [0.5, 0.6) is 0 Å². The molecule has 148 valence electrons. The largest absolute Gasteiger partial charge is 0.383 e. The number of thiazole rings is 1. The van der Waals surface area contributed by atoms with Crippen LogP contribution in [0.4, 0.5) is 5.13 Å². The summed E-state index contributed by atoms with van der Waals surface area (Å²) in [6.45, 7) is 3.99. The standard InChI is InChI=1S/C19H21N5O2S.ClH/c1-11-7-16(22-12(2)21-11)13-5-4-6-14(8-13)17-10-27-19(23-17)24-18(25)15(20)9-26-3;/h4-8,10,15H,9,20H2,1-3H3,(H,23,24,25);1H. The number of nitrogens with zero attached hydrogens (tertiary/aromatic N) is 3. The number of rotatable bonds is 6. The van der Waals surface area contributed by atoms with Crippen molar-refractivity contribution in [3.05, 3.63) is 47.2 Å². The Morgan fingerprint density at radius 2 is 1.89 bits per heavy atom. The van der Waals surface area contributed by atoms with E-state index in [0.29, 0.717) is 5.13 Å². The van der Waals surface area contributed by atoms with Crippen LogP contribution in [-0.4, -0.2) is 40.6 Å².